The molecule has 1 saturated heterocycles. The zero-order valence-electron chi connectivity index (χ0n) is 7.34. The Bertz CT molecular complexity index is 143. The smallest absolute Gasteiger partial charge is 0.219 e. The zero-order valence-corrected chi connectivity index (χ0v) is 7.34. The maximum Gasteiger partial charge on any atom is 0.219 e. The summed E-state index contributed by atoms with van der Waals surface area (Å²) in [4.78, 5) is 10.8. The summed E-state index contributed by atoms with van der Waals surface area (Å²) in [5, 5.41) is 2.57. The van der Waals surface area contributed by atoms with Gasteiger partial charge in [-0.25, -0.2) is 0 Å². The molecule has 0 atom stereocenters. The molecule has 70 valence electrons. The third-order valence-corrected chi connectivity index (χ3v) is 1.81. The second-order valence-electron chi connectivity index (χ2n) is 2.74. The van der Waals surface area contributed by atoms with Crippen LogP contribution in [0.2, 0.25) is 0 Å². The molecule has 0 radical (unpaired) electrons. The van der Waals surface area contributed by atoms with Crippen LogP contribution in [-0.2, 0) is 14.3 Å². The third-order valence-electron chi connectivity index (χ3n) is 1.81. The van der Waals surface area contributed by atoms with Gasteiger partial charge in [0.2, 0.25) is 5.91 Å². The molecular formula is C8H15NO3. The molecular weight excluding hydrogens is 158 g/mol. The molecule has 0 aromatic rings. The van der Waals surface area contributed by atoms with Crippen LogP contribution >= 0.6 is 0 Å². The van der Waals surface area contributed by atoms with E-state index >= 15 is 0 Å². The van der Waals surface area contributed by atoms with Crippen LogP contribution in [0.3, 0.4) is 0 Å². The minimum absolute atomic E-state index is 0.0744. The quantitative estimate of drug-likeness (QED) is 0.664. The van der Waals surface area contributed by atoms with Crippen LogP contribution in [0.4, 0.5) is 0 Å². The van der Waals surface area contributed by atoms with Crippen LogP contribution in [-0.4, -0.2) is 32.5 Å². The third kappa shape index (κ3) is 3.19. The van der Waals surface area contributed by atoms with Gasteiger partial charge in [0, 0.05) is 13.5 Å². The van der Waals surface area contributed by atoms with Crippen LogP contribution in [0.15, 0.2) is 0 Å². The molecule has 1 heterocycles. The largest absolute Gasteiger partial charge is 0.359 e. The summed E-state index contributed by atoms with van der Waals surface area (Å²) in [6, 6.07) is 0. The SMILES string of the molecule is CNC(=O)CCCC1OCCO1. The fourth-order valence-electron chi connectivity index (χ4n) is 1.13. The van der Waals surface area contributed by atoms with Gasteiger partial charge in [0.25, 0.3) is 0 Å². The van der Waals surface area contributed by atoms with Crippen LogP contribution < -0.4 is 5.32 Å². The minimum atomic E-state index is -0.0744. The molecule has 1 aliphatic heterocycles. The number of hydrogen-bond acceptors (Lipinski definition) is 3. The van der Waals surface area contributed by atoms with Gasteiger partial charge in [-0.3, -0.25) is 4.79 Å². The van der Waals surface area contributed by atoms with Crippen molar-refractivity contribution in [3.63, 3.8) is 0 Å². The van der Waals surface area contributed by atoms with E-state index in [4.69, 9.17) is 9.47 Å². The lowest BCUT2D eigenvalue weighted by Crippen LogP contribution is -2.18. The Balaban J connectivity index is 1.97. The average Bonchev–Trinajstić information content (AvgIpc) is 2.57. The van der Waals surface area contributed by atoms with Gasteiger partial charge in [-0.15, -0.1) is 0 Å². The molecule has 1 rings (SSSR count). The first-order valence-electron chi connectivity index (χ1n) is 4.26. The fraction of sp³-hybridized carbons (Fsp3) is 0.875. The van der Waals surface area contributed by atoms with Crippen molar-refractivity contribution in [3.8, 4) is 0 Å². The van der Waals surface area contributed by atoms with E-state index in [2.05, 4.69) is 5.32 Å². The molecule has 0 aliphatic carbocycles. The first-order chi connectivity index (χ1) is 5.83. The summed E-state index contributed by atoms with van der Waals surface area (Å²) < 4.78 is 10.4. The van der Waals surface area contributed by atoms with E-state index in [1.165, 1.54) is 0 Å². The topological polar surface area (TPSA) is 47.6 Å². The number of hydrogen-bond donors (Lipinski definition) is 1. The maximum atomic E-state index is 10.8. The Morgan fingerprint density at radius 3 is 2.75 bits per heavy atom. The highest BCUT2D eigenvalue weighted by atomic mass is 16.7. The van der Waals surface area contributed by atoms with E-state index < -0.39 is 0 Å². The molecule has 12 heavy (non-hydrogen) atoms. The molecule has 4 heteroatoms. The van der Waals surface area contributed by atoms with Gasteiger partial charge in [-0.05, 0) is 12.8 Å². The molecule has 1 aliphatic rings. The van der Waals surface area contributed by atoms with Crippen molar-refractivity contribution in [3.05, 3.63) is 0 Å². The van der Waals surface area contributed by atoms with Crippen LogP contribution in [0.5, 0.6) is 0 Å². The number of rotatable bonds is 4. The summed E-state index contributed by atoms with van der Waals surface area (Å²) in [5.74, 6) is 0.0768. The predicted molar refractivity (Wildman–Crippen MR) is 43.6 cm³/mol. The molecule has 1 N–H and O–H groups in total. The molecule has 0 spiro atoms. The van der Waals surface area contributed by atoms with Gasteiger partial charge >= 0.3 is 0 Å². The van der Waals surface area contributed by atoms with Crippen molar-refractivity contribution < 1.29 is 14.3 Å². The lowest BCUT2D eigenvalue weighted by atomic mass is 10.2. The molecule has 0 unspecified atom stereocenters. The highest BCUT2D eigenvalue weighted by Gasteiger charge is 2.15. The van der Waals surface area contributed by atoms with E-state index in [1.807, 2.05) is 0 Å². The van der Waals surface area contributed by atoms with Crippen molar-refractivity contribution in [2.75, 3.05) is 20.3 Å². The Labute approximate surface area is 72.2 Å². The molecule has 1 fully saturated rings. The van der Waals surface area contributed by atoms with E-state index in [0.717, 1.165) is 12.8 Å². The molecule has 1 amide bonds. The lowest BCUT2D eigenvalue weighted by molar-refractivity contribution is -0.121. The summed E-state index contributed by atoms with van der Waals surface area (Å²) in [5.41, 5.74) is 0. The van der Waals surface area contributed by atoms with Crippen molar-refractivity contribution >= 4 is 5.91 Å². The number of nitrogens with one attached hydrogen (secondary N) is 1. The second kappa shape index (κ2) is 5.11. The van der Waals surface area contributed by atoms with E-state index in [0.29, 0.717) is 19.6 Å². The van der Waals surface area contributed by atoms with E-state index in [9.17, 15) is 4.79 Å². The van der Waals surface area contributed by atoms with Crippen LogP contribution in [0.1, 0.15) is 19.3 Å². The zero-order chi connectivity index (χ0) is 8.81. The van der Waals surface area contributed by atoms with Crippen molar-refractivity contribution in [1.82, 2.24) is 5.32 Å². The molecule has 0 aromatic heterocycles. The number of amides is 1. The minimum Gasteiger partial charge on any atom is -0.359 e. The van der Waals surface area contributed by atoms with E-state index in [1.54, 1.807) is 7.05 Å². The first-order valence-corrected chi connectivity index (χ1v) is 4.26. The summed E-state index contributed by atoms with van der Waals surface area (Å²) in [7, 11) is 1.64. The number of carbonyl (C=O) groups excluding carboxylic acids is 1. The summed E-state index contributed by atoms with van der Waals surface area (Å²) >= 11 is 0. The monoisotopic (exact) mass is 173 g/mol. The van der Waals surface area contributed by atoms with Crippen molar-refractivity contribution in [2.45, 2.75) is 25.6 Å². The number of carbonyl (C=O) groups is 1. The lowest BCUT2D eigenvalue weighted by Gasteiger charge is -2.07. The first kappa shape index (κ1) is 9.48. The van der Waals surface area contributed by atoms with Crippen molar-refractivity contribution in [1.29, 1.82) is 0 Å². The van der Waals surface area contributed by atoms with Gasteiger partial charge in [0.1, 0.15) is 0 Å². The summed E-state index contributed by atoms with van der Waals surface area (Å²) in [6.07, 6.45) is 2.12. The predicted octanol–water partition coefficient (Wildman–Crippen LogP) is 0.276. The van der Waals surface area contributed by atoms with Gasteiger partial charge in [0.05, 0.1) is 13.2 Å². The Morgan fingerprint density at radius 2 is 2.17 bits per heavy atom. The Hall–Kier alpha value is -0.610. The van der Waals surface area contributed by atoms with Gasteiger partial charge in [0.15, 0.2) is 6.29 Å². The standard InChI is InChI=1S/C8H15NO3/c1-9-7(10)3-2-4-8-11-5-6-12-8/h8H,2-6H2,1H3,(H,9,10). The highest BCUT2D eigenvalue weighted by molar-refractivity contribution is 5.75. The summed E-state index contributed by atoms with van der Waals surface area (Å²) in [6.45, 7) is 1.37. The molecule has 0 saturated carbocycles. The fourth-order valence-corrected chi connectivity index (χ4v) is 1.13. The highest BCUT2D eigenvalue weighted by Crippen LogP contribution is 2.11. The number of ether oxygens (including phenoxy) is 2. The van der Waals surface area contributed by atoms with E-state index in [-0.39, 0.29) is 12.2 Å². The second-order valence-corrected chi connectivity index (χ2v) is 2.74. The van der Waals surface area contributed by atoms with Crippen molar-refractivity contribution in [2.24, 2.45) is 0 Å². The molecule has 0 aromatic carbocycles. The van der Waals surface area contributed by atoms with Gasteiger partial charge < -0.3 is 14.8 Å². The van der Waals surface area contributed by atoms with Gasteiger partial charge in [-0.1, -0.05) is 0 Å². The average molecular weight is 173 g/mol. The van der Waals surface area contributed by atoms with Gasteiger partial charge in [-0.2, -0.15) is 0 Å². The molecule has 4 nitrogen and oxygen atoms in total. The Kier molecular flexibility index (Phi) is 4.04. The van der Waals surface area contributed by atoms with Crippen LogP contribution in [0.25, 0.3) is 0 Å². The molecule has 0 bridgehead atoms. The Morgan fingerprint density at radius 1 is 1.50 bits per heavy atom. The maximum absolute atomic E-state index is 10.8. The normalized spacial score (nSPS) is 18.1. The van der Waals surface area contributed by atoms with Crippen LogP contribution in [0, 0.1) is 0 Å².